The molecule has 98 valence electrons. The van der Waals surface area contributed by atoms with Gasteiger partial charge in [0.15, 0.2) is 0 Å². The zero-order chi connectivity index (χ0) is 12.5. The molecule has 1 N–H and O–H groups in total. The summed E-state index contributed by atoms with van der Waals surface area (Å²) in [4.78, 5) is 4.30. The molecule has 0 aromatic carbocycles. The Morgan fingerprint density at radius 3 is 2.83 bits per heavy atom. The van der Waals surface area contributed by atoms with Gasteiger partial charge < -0.3 is 9.88 Å². The van der Waals surface area contributed by atoms with E-state index >= 15 is 0 Å². The van der Waals surface area contributed by atoms with E-state index in [1.54, 1.807) is 0 Å². The second-order valence-electron chi connectivity index (χ2n) is 5.99. The lowest BCUT2D eigenvalue weighted by molar-refractivity contribution is 0.660. The Kier molecular flexibility index (Phi) is 3.25. The number of aromatic nitrogens is 2. The Hall–Kier alpha value is -1.09. The van der Waals surface area contributed by atoms with Crippen molar-refractivity contribution in [1.82, 2.24) is 14.9 Å². The Morgan fingerprint density at radius 2 is 2.22 bits per heavy atom. The highest BCUT2D eigenvalue weighted by Gasteiger charge is 2.25. The summed E-state index contributed by atoms with van der Waals surface area (Å²) < 4.78 is 2.33. The Morgan fingerprint density at radius 1 is 1.44 bits per heavy atom. The van der Waals surface area contributed by atoms with Gasteiger partial charge in [-0.05, 0) is 37.7 Å². The van der Waals surface area contributed by atoms with Crippen LogP contribution in [-0.2, 0) is 0 Å². The molecule has 1 aromatic rings. The van der Waals surface area contributed by atoms with Gasteiger partial charge in [0.2, 0.25) is 0 Å². The third kappa shape index (κ3) is 2.83. The molecule has 2 aliphatic rings. The molecule has 3 rings (SSSR count). The monoisotopic (exact) mass is 245 g/mol. The fourth-order valence-electron chi connectivity index (χ4n) is 2.25. The van der Waals surface area contributed by atoms with E-state index in [9.17, 15) is 0 Å². The molecule has 0 aliphatic heterocycles. The molecule has 0 bridgehead atoms. The number of imidazole rings is 1. The van der Waals surface area contributed by atoms with Crippen LogP contribution in [0.25, 0.3) is 6.08 Å². The summed E-state index contributed by atoms with van der Waals surface area (Å²) in [7, 11) is 0. The summed E-state index contributed by atoms with van der Waals surface area (Å²) in [6, 6.07) is 1.49. The average molecular weight is 245 g/mol. The predicted molar refractivity (Wildman–Crippen MR) is 74.3 cm³/mol. The van der Waals surface area contributed by atoms with Crippen LogP contribution >= 0.6 is 0 Å². The summed E-state index contributed by atoms with van der Waals surface area (Å²) in [5.41, 5.74) is 2.77. The first-order valence-corrected chi connectivity index (χ1v) is 7.19. The van der Waals surface area contributed by atoms with Gasteiger partial charge in [-0.2, -0.15) is 0 Å². The van der Waals surface area contributed by atoms with Crippen LogP contribution in [0.3, 0.4) is 0 Å². The molecule has 2 saturated carbocycles. The normalized spacial score (nSPS) is 20.7. The standard InChI is InChI=1S/C15H23N3/c1-11(2)12(8-17-13-3-4-13)7-15-9-16-10-18(15)14-5-6-14/h7,9-11,13-14,17H,3-6,8H2,1-2H3. The van der Waals surface area contributed by atoms with Crippen molar-refractivity contribution in [3.05, 3.63) is 23.8 Å². The van der Waals surface area contributed by atoms with Crippen LogP contribution in [0.5, 0.6) is 0 Å². The fourth-order valence-corrected chi connectivity index (χ4v) is 2.25. The largest absolute Gasteiger partial charge is 0.328 e. The third-order valence-corrected chi connectivity index (χ3v) is 3.88. The van der Waals surface area contributed by atoms with E-state index in [0.29, 0.717) is 12.0 Å². The van der Waals surface area contributed by atoms with Gasteiger partial charge in [0.05, 0.1) is 18.2 Å². The fraction of sp³-hybridized carbons (Fsp3) is 0.667. The molecule has 0 spiro atoms. The van der Waals surface area contributed by atoms with Crippen LogP contribution in [0, 0.1) is 5.92 Å². The maximum Gasteiger partial charge on any atom is 0.0953 e. The minimum atomic E-state index is 0.596. The minimum Gasteiger partial charge on any atom is -0.328 e. The van der Waals surface area contributed by atoms with Gasteiger partial charge in [0.1, 0.15) is 0 Å². The van der Waals surface area contributed by atoms with Gasteiger partial charge in [-0.15, -0.1) is 0 Å². The summed E-state index contributed by atoms with van der Waals surface area (Å²) in [6.45, 7) is 5.58. The third-order valence-electron chi connectivity index (χ3n) is 3.88. The molecule has 0 atom stereocenters. The summed E-state index contributed by atoms with van der Waals surface area (Å²) >= 11 is 0. The molecule has 1 heterocycles. The number of rotatable bonds is 6. The lowest BCUT2D eigenvalue weighted by atomic mass is 10.0. The molecule has 0 radical (unpaired) electrons. The van der Waals surface area contributed by atoms with Gasteiger partial charge in [0, 0.05) is 18.6 Å². The van der Waals surface area contributed by atoms with E-state index in [1.165, 1.54) is 37.0 Å². The zero-order valence-corrected chi connectivity index (χ0v) is 11.4. The number of nitrogens with zero attached hydrogens (tertiary/aromatic N) is 2. The second-order valence-corrected chi connectivity index (χ2v) is 5.99. The van der Waals surface area contributed by atoms with Crippen molar-refractivity contribution in [2.45, 2.75) is 51.6 Å². The zero-order valence-electron chi connectivity index (χ0n) is 11.4. The van der Waals surface area contributed by atoms with E-state index < -0.39 is 0 Å². The van der Waals surface area contributed by atoms with Crippen LogP contribution in [0.1, 0.15) is 51.3 Å². The molecule has 0 amide bonds. The van der Waals surface area contributed by atoms with Crippen molar-refractivity contribution in [2.24, 2.45) is 5.92 Å². The highest BCUT2D eigenvalue weighted by Crippen LogP contribution is 2.36. The van der Waals surface area contributed by atoms with Crippen LogP contribution in [0.4, 0.5) is 0 Å². The number of nitrogens with one attached hydrogen (secondary N) is 1. The first-order valence-electron chi connectivity index (χ1n) is 7.19. The highest BCUT2D eigenvalue weighted by atomic mass is 15.1. The molecular formula is C15H23N3. The molecule has 2 fully saturated rings. The van der Waals surface area contributed by atoms with Crippen molar-refractivity contribution in [3.63, 3.8) is 0 Å². The predicted octanol–water partition coefficient (Wildman–Crippen LogP) is 3.01. The quantitative estimate of drug-likeness (QED) is 0.835. The van der Waals surface area contributed by atoms with Crippen molar-refractivity contribution in [2.75, 3.05) is 6.54 Å². The molecular weight excluding hydrogens is 222 g/mol. The van der Waals surface area contributed by atoms with E-state index in [4.69, 9.17) is 0 Å². The molecule has 0 unspecified atom stereocenters. The van der Waals surface area contributed by atoms with Crippen LogP contribution < -0.4 is 5.32 Å². The van der Waals surface area contributed by atoms with E-state index in [2.05, 4.69) is 34.8 Å². The lowest BCUT2D eigenvalue weighted by Gasteiger charge is -2.13. The van der Waals surface area contributed by atoms with Crippen molar-refractivity contribution in [3.8, 4) is 0 Å². The Labute approximate surface area is 109 Å². The summed E-state index contributed by atoms with van der Waals surface area (Å²) in [5, 5.41) is 3.62. The molecule has 0 saturated heterocycles. The Balaban J connectivity index is 1.73. The molecule has 18 heavy (non-hydrogen) atoms. The van der Waals surface area contributed by atoms with Crippen molar-refractivity contribution >= 4 is 6.08 Å². The molecule has 3 nitrogen and oxygen atoms in total. The van der Waals surface area contributed by atoms with Gasteiger partial charge >= 0.3 is 0 Å². The van der Waals surface area contributed by atoms with E-state index in [1.807, 2.05) is 12.5 Å². The Bertz CT molecular complexity index is 436. The second kappa shape index (κ2) is 4.88. The number of hydrogen-bond donors (Lipinski definition) is 1. The maximum atomic E-state index is 4.30. The van der Waals surface area contributed by atoms with Gasteiger partial charge in [0.25, 0.3) is 0 Å². The summed E-state index contributed by atoms with van der Waals surface area (Å²) in [6.07, 6.45) is 11.7. The SMILES string of the molecule is CC(C)C(=Cc1cncn1C1CC1)CNC1CC1. The van der Waals surface area contributed by atoms with Crippen molar-refractivity contribution < 1.29 is 0 Å². The molecule has 2 aliphatic carbocycles. The van der Waals surface area contributed by atoms with Crippen LogP contribution in [0.2, 0.25) is 0 Å². The minimum absolute atomic E-state index is 0.596. The van der Waals surface area contributed by atoms with Crippen LogP contribution in [-0.4, -0.2) is 22.1 Å². The maximum absolute atomic E-state index is 4.30. The van der Waals surface area contributed by atoms with Gasteiger partial charge in [-0.1, -0.05) is 19.4 Å². The average Bonchev–Trinajstić information content (AvgIpc) is 3.25. The van der Waals surface area contributed by atoms with Gasteiger partial charge in [-0.25, -0.2) is 4.98 Å². The topological polar surface area (TPSA) is 29.9 Å². The smallest absolute Gasteiger partial charge is 0.0953 e. The lowest BCUT2D eigenvalue weighted by Crippen LogP contribution is -2.21. The first-order chi connectivity index (χ1) is 8.74. The van der Waals surface area contributed by atoms with E-state index in [0.717, 1.165) is 12.6 Å². The van der Waals surface area contributed by atoms with Gasteiger partial charge in [-0.3, -0.25) is 0 Å². The van der Waals surface area contributed by atoms with Crippen molar-refractivity contribution in [1.29, 1.82) is 0 Å². The molecule has 3 heteroatoms. The highest BCUT2D eigenvalue weighted by molar-refractivity contribution is 5.50. The van der Waals surface area contributed by atoms with E-state index in [-0.39, 0.29) is 0 Å². The first kappa shape index (κ1) is 12.0. The molecule has 1 aromatic heterocycles. The van der Waals surface area contributed by atoms with Crippen LogP contribution in [0.15, 0.2) is 18.1 Å². The summed E-state index contributed by atoms with van der Waals surface area (Å²) in [5.74, 6) is 0.596. The number of hydrogen-bond acceptors (Lipinski definition) is 2.